The van der Waals surface area contributed by atoms with E-state index in [0.29, 0.717) is 18.4 Å². The highest BCUT2D eigenvalue weighted by molar-refractivity contribution is 5.87. The smallest absolute Gasteiger partial charge is 0.335 e. The first-order chi connectivity index (χ1) is 9.65. The predicted molar refractivity (Wildman–Crippen MR) is 77.4 cm³/mol. The molecule has 1 aromatic carbocycles. The highest BCUT2D eigenvalue weighted by Crippen LogP contribution is 2.12. The molecular formula is C15H22N2O3. The van der Waals surface area contributed by atoms with E-state index in [1.165, 1.54) is 12.8 Å². The molecule has 20 heavy (non-hydrogen) atoms. The van der Waals surface area contributed by atoms with Crippen LogP contribution in [0.1, 0.15) is 23.2 Å². The molecule has 0 radical (unpaired) electrons. The van der Waals surface area contributed by atoms with Crippen molar-refractivity contribution in [1.29, 1.82) is 0 Å². The lowest BCUT2D eigenvalue weighted by Gasteiger charge is -2.29. The largest absolute Gasteiger partial charge is 0.492 e. The van der Waals surface area contributed by atoms with E-state index in [1.807, 2.05) is 0 Å². The van der Waals surface area contributed by atoms with Crippen LogP contribution >= 0.6 is 0 Å². The molecule has 0 saturated carbocycles. The number of benzene rings is 1. The summed E-state index contributed by atoms with van der Waals surface area (Å²) in [4.78, 5) is 13.1. The lowest BCUT2D eigenvalue weighted by molar-refractivity contribution is 0.0697. The third-order valence-electron chi connectivity index (χ3n) is 3.62. The van der Waals surface area contributed by atoms with Crippen molar-refractivity contribution in [2.45, 2.75) is 18.9 Å². The van der Waals surface area contributed by atoms with Crippen LogP contribution in [0.2, 0.25) is 0 Å². The van der Waals surface area contributed by atoms with Gasteiger partial charge in [0.2, 0.25) is 0 Å². The first-order valence-corrected chi connectivity index (χ1v) is 7.03. The van der Waals surface area contributed by atoms with Crippen LogP contribution in [0.5, 0.6) is 5.75 Å². The lowest BCUT2D eigenvalue weighted by Crippen LogP contribution is -2.42. The van der Waals surface area contributed by atoms with Gasteiger partial charge in [-0.2, -0.15) is 0 Å². The topological polar surface area (TPSA) is 61.8 Å². The summed E-state index contributed by atoms with van der Waals surface area (Å²) < 4.78 is 5.59. The molecule has 1 fully saturated rings. The van der Waals surface area contributed by atoms with Crippen molar-refractivity contribution in [3.05, 3.63) is 29.8 Å². The van der Waals surface area contributed by atoms with Crippen molar-refractivity contribution in [3.63, 3.8) is 0 Å². The molecule has 110 valence electrons. The van der Waals surface area contributed by atoms with Crippen LogP contribution in [0, 0.1) is 0 Å². The Kier molecular flexibility index (Phi) is 5.38. The van der Waals surface area contributed by atoms with Gasteiger partial charge in [-0.3, -0.25) is 0 Å². The standard InChI is InChI=1S/C15H22N2O3/c1-17-9-6-13(7-10-17)16-8-11-20-14-4-2-12(3-5-14)15(18)19/h2-5,13,16H,6-11H2,1H3,(H,18,19). The van der Waals surface area contributed by atoms with Crippen molar-refractivity contribution >= 4 is 5.97 Å². The number of nitrogens with zero attached hydrogens (tertiary/aromatic N) is 1. The Morgan fingerprint density at radius 3 is 2.60 bits per heavy atom. The predicted octanol–water partition coefficient (Wildman–Crippen LogP) is 1.45. The fourth-order valence-electron chi connectivity index (χ4n) is 2.34. The van der Waals surface area contributed by atoms with Crippen LogP contribution in [-0.2, 0) is 0 Å². The normalized spacial score (nSPS) is 17.1. The maximum absolute atomic E-state index is 10.7. The van der Waals surface area contributed by atoms with Gasteiger partial charge in [-0.05, 0) is 57.2 Å². The molecule has 1 aliphatic rings. The molecule has 2 rings (SSSR count). The number of ether oxygens (including phenoxy) is 1. The lowest BCUT2D eigenvalue weighted by atomic mass is 10.1. The second-order valence-corrected chi connectivity index (χ2v) is 5.21. The number of carboxylic acids is 1. The molecule has 0 aliphatic carbocycles. The molecule has 0 unspecified atom stereocenters. The van der Waals surface area contributed by atoms with E-state index >= 15 is 0 Å². The summed E-state index contributed by atoms with van der Waals surface area (Å²) in [7, 11) is 2.15. The molecule has 1 aliphatic heterocycles. The van der Waals surface area contributed by atoms with E-state index in [1.54, 1.807) is 24.3 Å². The summed E-state index contributed by atoms with van der Waals surface area (Å²) in [5.41, 5.74) is 0.279. The van der Waals surface area contributed by atoms with Crippen LogP contribution in [0.3, 0.4) is 0 Å². The molecule has 2 N–H and O–H groups in total. The van der Waals surface area contributed by atoms with Gasteiger partial charge < -0.3 is 20.1 Å². The number of carbonyl (C=O) groups is 1. The van der Waals surface area contributed by atoms with Crippen LogP contribution in [0.25, 0.3) is 0 Å². The number of hydrogen-bond acceptors (Lipinski definition) is 4. The Morgan fingerprint density at radius 2 is 2.00 bits per heavy atom. The maximum atomic E-state index is 10.7. The quantitative estimate of drug-likeness (QED) is 0.771. The zero-order chi connectivity index (χ0) is 14.4. The van der Waals surface area contributed by atoms with Crippen LogP contribution < -0.4 is 10.1 Å². The molecule has 1 saturated heterocycles. The molecule has 5 heteroatoms. The fourth-order valence-corrected chi connectivity index (χ4v) is 2.34. The van der Waals surface area contributed by atoms with Gasteiger partial charge in [0, 0.05) is 12.6 Å². The third-order valence-corrected chi connectivity index (χ3v) is 3.62. The fraction of sp³-hybridized carbons (Fsp3) is 0.533. The number of carboxylic acid groups (broad SMARTS) is 1. The average molecular weight is 278 g/mol. The van der Waals surface area contributed by atoms with Crippen molar-refractivity contribution in [2.75, 3.05) is 33.3 Å². The molecule has 5 nitrogen and oxygen atoms in total. The highest BCUT2D eigenvalue weighted by Gasteiger charge is 2.15. The Balaban J connectivity index is 1.64. The van der Waals surface area contributed by atoms with Gasteiger partial charge in [0.05, 0.1) is 5.56 Å². The Bertz CT molecular complexity index is 425. The first kappa shape index (κ1) is 14.8. The Morgan fingerprint density at radius 1 is 1.35 bits per heavy atom. The second kappa shape index (κ2) is 7.26. The zero-order valence-corrected chi connectivity index (χ0v) is 11.8. The highest BCUT2D eigenvalue weighted by atomic mass is 16.5. The molecule has 0 aromatic heterocycles. The summed E-state index contributed by atoms with van der Waals surface area (Å²) in [5, 5.41) is 12.3. The monoisotopic (exact) mass is 278 g/mol. The summed E-state index contributed by atoms with van der Waals surface area (Å²) in [5.74, 6) is -0.208. The van der Waals surface area contributed by atoms with Gasteiger partial charge in [0.1, 0.15) is 12.4 Å². The Labute approximate surface area is 119 Å². The van der Waals surface area contributed by atoms with Gasteiger partial charge in [-0.1, -0.05) is 0 Å². The number of rotatable bonds is 6. The molecule has 0 bridgehead atoms. The summed E-state index contributed by atoms with van der Waals surface area (Å²) in [6.07, 6.45) is 2.37. The average Bonchev–Trinajstić information content (AvgIpc) is 2.46. The molecule has 0 amide bonds. The first-order valence-electron chi connectivity index (χ1n) is 7.03. The van der Waals surface area contributed by atoms with Crippen molar-refractivity contribution in [2.24, 2.45) is 0 Å². The zero-order valence-electron chi connectivity index (χ0n) is 11.8. The molecule has 0 atom stereocenters. The molecular weight excluding hydrogens is 256 g/mol. The van der Waals surface area contributed by atoms with Gasteiger partial charge in [0.25, 0.3) is 0 Å². The number of aromatic carboxylic acids is 1. The third kappa shape index (κ3) is 4.51. The van der Waals surface area contributed by atoms with Crippen LogP contribution in [-0.4, -0.2) is 55.3 Å². The number of hydrogen-bond donors (Lipinski definition) is 2. The van der Waals surface area contributed by atoms with E-state index in [2.05, 4.69) is 17.3 Å². The molecule has 0 spiro atoms. The van der Waals surface area contributed by atoms with Gasteiger partial charge in [0.15, 0.2) is 0 Å². The van der Waals surface area contributed by atoms with E-state index in [0.717, 1.165) is 19.6 Å². The van der Waals surface area contributed by atoms with E-state index in [4.69, 9.17) is 9.84 Å². The number of likely N-dealkylation sites (tertiary alicyclic amines) is 1. The van der Waals surface area contributed by atoms with Gasteiger partial charge in [-0.25, -0.2) is 4.79 Å². The number of piperidine rings is 1. The van der Waals surface area contributed by atoms with Crippen LogP contribution in [0.4, 0.5) is 0 Å². The van der Waals surface area contributed by atoms with Crippen molar-refractivity contribution in [1.82, 2.24) is 10.2 Å². The van der Waals surface area contributed by atoms with Crippen molar-refractivity contribution in [3.8, 4) is 5.75 Å². The van der Waals surface area contributed by atoms with E-state index in [9.17, 15) is 4.79 Å². The minimum absolute atomic E-state index is 0.279. The minimum atomic E-state index is -0.916. The van der Waals surface area contributed by atoms with Crippen LogP contribution in [0.15, 0.2) is 24.3 Å². The summed E-state index contributed by atoms with van der Waals surface area (Å²) in [6, 6.07) is 7.09. The van der Waals surface area contributed by atoms with Gasteiger partial charge >= 0.3 is 5.97 Å². The number of nitrogens with one attached hydrogen (secondary N) is 1. The Hall–Kier alpha value is -1.59. The van der Waals surface area contributed by atoms with E-state index in [-0.39, 0.29) is 5.56 Å². The van der Waals surface area contributed by atoms with Crippen molar-refractivity contribution < 1.29 is 14.6 Å². The van der Waals surface area contributed by atoms with E-state index < -0.39 is 5.97 Å². The summed E-state index contributed by atoms with van der Waals surface area (Å²) >= 11 is 0. The second-order valence-electron chi connectivity index (χ2n) is 5.21. The molecule has 1 heterocycles. The summed E-state index contributed by atoms with van der Waals surface area (Å²) in [6.45, 7) is 3.71. The minimum Gasteiger partial charge on any atom is -0.492 e. The van der Waals surface area contributed by atoms with Gasteiger partial charge in [-0.15, -0.1) is 0 Å². The SMILES string of the molecule is CN1CCC(NCCOc2ccc(C(=O)O)cc2)CC1. The maximum Gasteiger partial charge on any atom is 0.335 e. The molecule has 1 aromatic rings.